The summed E-state index contributed by atoms with van der Waals surface area (Å²) >= 11 is 0. The van der Waals surface area contributed by atoms with Crippen LogP contribution in [0, 0.1) is 17.8 Å². The Morgan fingerprint density at radius 3 is 2.59 bits per heavy atom. The van der Waals surface area contributed by atoms with E-state index in [1.807, 2.05) is 0 Å². The number of aliphatic carboxylic acids is 1. The lowest BCUT2D eigenvalue weighted by molar-refractivity contribution is -0.142. The SMILES string of the molecule is CC[C@@H](NC(=O)CC1CC2CCC1C2)C(=O)O. The Morgan fingerprint density at radius 1 is 1.35 bits per heavy atom. The van der Waals surface area contributed by atoms with E-state index in [1.54, 1.807) is 6.92 Å². The van der Waals surface area contributed by atoms with Gasteiger partial charge in [-0.25, -0.2) is 4.79 Å². The van der Waals surface area contributed by atoms with Gasteiger partial charge in [0.15, 0.2) is 0 Å². The number of carboxylic acid groups (broad SMARTS) is 1. The molecule has 3 unspecified atom stereocenters. The van der Waals surface area contributed by atoms with Gasteiger partial charge in [0.05, 0.1) is 0 Å². The van der Waals surface area contributed by atoms with Crippen molar-refractivity contribution in [1.82, 2.24) is 5.32 Å². The lowest BCUT2D eigenvalue weighted by Gasteiger charge is -2.22. The third-order valence-corrected chi connectivity index (χ3v) is 4.37. The van der Waals surface area contributed by atoms with Crippen LogP contribution in [0.25, 0.3) is 0 Å². The Labute approximate surface area is 102 Å². The number of rotatable bonds is 5. The number of carbonyl (C=O) groups is 2. The van der Waals surface area contributed by atoms with Crippen molar-refractivity contribution in [2.75, 3.05) is 0 Å². The van der Waals surface area contributed by atoms with Crippen LogP contribution in [0.15, 0.2) is 0 Å². The molecule has 0 spiro atoms. The molecule has 0 aromatic carbocycles. The summed E-state index contributed by atoms with van der Waals surface area (Å²) in [6, 6.07) is -0.721. The van der Waals surface area contributed by atoms with Gasteiger partial charge in [-0.1, -0.05) is 13.3 Å². The average Bonchev–Trinajstić information content (AvgIpc) is 2.87. The summed E-state index contributed by atoms with van der Waals surface area (Å²) in [5, 5.41) is 11.5. The highest BCUT2D eigenvalue weighted by atomic mass is 16.4. The second-order valence-electron chi connectivity index (χ2n) is 5.51. The molecule has 0 heterocycles. The molecule has 4 atom stereocenters. The average molecular weight is 239 g/mol. The minimum Gasteiger partial charge on any atom is -0.480 e. The molecule has 4 nitrogen and oxygen atoms in total. The van der Waals surface area contributed by atoms with Crippen LogP contribution in [-0.2, 0) is 9.59 Å². The molecule has 0 radical (unpaired) electrons. The lowest BCUT2D eigenvalue weighted by atomic mass is 9.86. The van der Waals surface area contributed by atoms with Crippen molar-refractivity contribution >= 4 is 11.9 Å². The lowest BCUT2D eigenvalue weighted by Crippen LogP contribution is -2.41. The van der Waals surface area contributed by atoms with Crippen LogP contribution >= 0.6 is 0 Å². The van der Waals surface area contributed by atoms with Crippen LogP contribution in [0.3, 0.4) is 0 Å². The zero-order valence-corrected chi connectivity index (χ0v) is 10.3. The Morgan fingerprint density at radius 2 is 2.12 bits per heavy atom. The normalized spacial score (nSPS) is 32.4. The Balaban J connectivity index is 1.79. The molecule has 2 bridgehead atoms. The van der Waals surface area contributed by atoms with Crippen molar-refractivity contribution in [3.63, 3.8) is 0 Å². The third kappa shape index (κ3) is 2.79. The van der Waals surface area contributed by atoms with Crippen LogP contribution in [-0.4, -0.2) is 23.0 Å². The van der Waals surface area contributed by atoms with E-state index in [2.05, 4.69) is 5.32 Å². The van der Waals surface area contributed by atoms with E-state index >= 15 is 0 Å². The molecule has 2 rings (SSSR count). The minimum absolute atomic E-state index is 0.0863. The van der Waals surface area contributed by atoms with E-state index in [0.717, 1.165) is 11.8 Å². The maximum Gasteiger partial charge on any atom is 0.326 e. The fraction of sp³-hybridized carbons (Fsp3) is 0.846. The molecule has 0 saturated heterocycles. The summed E-state index contributed by atoms with van der Waals surface area (Å²) in [4.78, 5) is 22.6. The highest BCUT2D eigenvalue weighted by molar-refractivity contribution is 5.83. The molecule has 2 aliphatic carbocycles. The number of hydrogen-bond acceptors (Lipinski definition) is 2. The van der Waals surface area contributed by atoms with Crippen LogP contribution < -0.4 is 5.32 Å². The summed E-state index contributed by atoms with van der Waals surface area (Å²) < 4.78 is 0. The van der Waals surface area contributed by atoms with Crippen molar-refractivity contribution in [3.8, 4) is 0 Å². The van der Waals surface area contributed by atoms with Gasteiger partial charge >= 0.3 is 5.97 Å². The van der Waals surface area contributed by atoms with E-state index < -0.39 is 12.0 Å². The first-order chi connectivity index (χ1) is 8.10. The molecule has 2 fully saturated rings. The summed E-state index contributed by atoms with van der Waals surface area (Å²) in [6.45, 7) is 1.77. The second kappa shape index (κ2) is 5.07. The molecule has 2 N–H and O–H groups in total. The van der Waals surface area contributed by atoms with Gasteiger partial charge in [0, 0.05) is 6.42 Å². The minimum atomic E-state index is -0.936. The smallest absolute Gasteiger partial charge is 0.326 e. The number of nitrogens with one attached hydrogen (secondary N) is 1. The zero-order valence-electron chi connectivity index (χ0n) is 10.3. The zero-order chi connectivity index (χ0) is 12.4. The van der Waals surface area contributed by atoms with Gasteiger partial charge in [0.1, 0.15) is 6.04 Å². The third-order valence-electron chi connectivity index (χ3n) is 4.37. The van der Waals surface area contributed by atoms with E-state index in [4.69, 9.17) is 5.11 Å². The van der Waals surface area contributed by atoms with Gasteiger partial charge in [-0.05, 0) is 43.4 Å². The maximum absolute atomic E-state index is 11.8. The van der Waals surface area contributed by atoms with Crippen LogP contribution in [0.1, 0.15) is 45.4 Å². The Hall–Kier alpha value is -1.06. The fourth-order valence-corrected chi connectivity index (χ4v) is 3.46. The van der Waals surface area contributed by atoms with Crippen molar-refractivity contribution in [2.45, 2.75) is 51.5 Å². The van der Waals surface area contributed by atoms with E-state index in [9.17, 15) is 9.59 Å². The number of amides is 1. The predicted octanol–water partition coefficient (Wildman–Crippen LogP) is 1.79. The van der Waals surface area contributed by atoms with Gasteiger partial charge in [-0.3, -0.25) is 4.79 Å². The standard InChI is InChI=1S/C13H21NO3/c1-2-11(13(16)17)14-12(15)7-10-6-8-3-4-9(10)5-8/h8-11H,2-7H2,1H3,(H,14,15)(H,16,17)/t8?,9?,10?,11-/m1/s1. The molecule has 0 aromatic rings. The molecule has 0 aromatic heterocycles. The highest BCUT2D eigenvalue weighted by Gasteiger charge is 2.40. The van der Waals surface area contributed by atoms with Gasteiger partial charge < -0.3 is 10.4 Å². The first kappa shape index (κ1) is 12.4. The molecule has 2 saturated carbocycles. The van der Waals surface area contributed by atoms with Crippen molar-refractivity contribution in [1.29, 1.82) is 0 Å². The topological polar surface area (TPSA) is 66.4 Å². The largest absolute Gasteiger partial charge is 0.480 e. The molecule has 4 heteroatoms. The Kier molecular flexibility index (Phi) is 3.69. The monoisotopic (exact) mass is 239 g/mol. The van der Waals surface area contributed by atoms with Gasteiger partial charge in [-0.2, -0.15) is 0 Å². The van der Waals surface area contributed by atoms with Crippen molar-refractivity contribution < 1.29 is 14.7 Å². The fourth-order valence-electron chi connectivity index (χ4n) is 3.46. The van der Waals surface area contributed by atoms with Crippen molar-refractivity contribution in [2.24, 2.45) is 17.8 Å². The van der Waals surface area contributed by atoms with Crippen LogP contribution in [0.2, 0.25) is 0 Å². The molecule has 2 aliphatic rings. The van der Waals surface area contributed by atoms with E-state index in [0.29, 0.717) is 18.8 Å². The molecule has 0 aliphatic heterocycles. The van der Waals surface area contributed by atoms with E-state index in [1.165, 1.54) is 25.7 Å². The van der Waals surface area contributed by atoms with Gasteiger partial charge in [-0.15, -0.1) is 0 Å². The van der Waals surface area contributed by atoms with E-state index in [-0.39, 0.29) is 5.91 Å². The number of carbonyl (C=O) groups excluding carboxylic acids is 1. The summed E-state index contributed by atoms with van der Waals surface area (Å²) in [6.07, 6.45) is 6.01. The van der Waals surface area contributed by atoms with Crippen LogP contribution in [0.5, 0.6) is 0 Å². The molecule has 96 valence electrons. The second-order valence-corrected chi connectivity index (χ2v) is 5.51. The Bertz CT molecular complexity index is 316. The van der Waals surface area contributed by atoms with Crippen molar-refractivity contribution in [3.05, 3.63) is 0 Å². The molecule has 1 amide bonds. The van der Waals surface area contributed by atoms with Crippen LogP contribution in [0.4, 0.5) is 0 Å². The summed E-state index contributed by atoms with van der Waals surface area (Å²) in [5.41, 5.74) is 0. The first-order valence-corrected chi connectivity index (χ1v) is 6.62. The molecular weight excluding hydrogens is 218 g/mol. The summed E-state index contributed by atoms with van der Waals surface area (Å²) in [7, 11) is 0. The number of hydrogen-bond donors (Lipinski definition) is 2. The maximum atomic E-state index is 11.8. The molecular formula is C13H21NO3. The summed E-state index contributed by atoms with van der Waals surface area (Å²) in [5.74, 6) is 1.03. The highest BCUT2D eigenvalue weighted by Crippen LogP contribution is 2.49. The number of carboxylic acids is 1. The molecule has 17 heavy (non-hydrogen) atoms. The van der Waals surface area contributed by atoms with Gasteiger partial charge in [0.25, 0.3) is 0 Å². The quantitative estimate of drug-likeness (QED) is 0.768. The first-order valence-electron chi connectivity index (χ1n) is 6.62. The predicted molar refractivity (Wildman–Crippen MR) is 63.4 cm³/mol. The van der Waals surface area contributed by atoms with Gasteiger partial charge in [0.2, 0.25) is 5.91 Å². The number of fused-ring (bicyclic) bond motifs is 2.